The lowest BCUT2D eigenvalue weighted by Crippen LogP contribution is -2.06. The summed E-state index contributed by atoms with van der Waals surface area (Å²) < 4.78 is 26.8. The highest BCUT2D eigenvalue weighted by Crippen LogP contribution is 2.27. The number of nitrogens with zero attached hydrogens (tertiary/aromatic N) is 2. The summed E-state index contributed by atoms with van der Waals surface area (Å²) in [6.45, 7) is 0. The van der Waals surface area contributed by atoms with Crippen molar-refractivity contribution < 1.29 is 13.6 Å². The van der Waals surface area contributed by atoms with Crippen LogP contribution in [0.15, 0.2) is 41.6 Å². The molecule has 3 aromatic rings. The lowest BCUT2D eigenvalue weighted by molar-refractivity contribution is 0.101. The molecule has 0 bridgehead atoms. The maximum atomic E-state index is 13.6. The van der Waals surface area contributed by atoms with Gasteiger partial charge in [-0.25, -0.2) is 13.8 Å². The molecular formula is C19H15F2N3OS. The van der Waals surface area contributed by atoms with Crippen LogP contribution in [0.5, 0.6) is 0 Å². The molecule has 26 heavy (non-hydrogen) atoms. The number of aromatic amines is 1. The van der Waals surface area contributed by atoms with Gasteiger partial charge >= 0.3 is 0 Å². The molecule has 0 aliphatic heterocycles. The second kappa shape index (κ2) is 6.99. The fourth-order valence-corrected chi connectivity index (χ4v) is 3.76. The Labute approximate surface area is 153 Å². The molecule has 7 heteroatoms. The number of thioether (sulfide) groups is 1. The fourth-order valence-electron chi connectivity index (χ4n) is 3.08. The van der Waals surface area contributed by atoms with Gasteiger partial charge in [0.25, 0.3) is 0 Å². The van der Waals surface area contributed by atoms with Gasteiger partial charge in [0.1, 0.15) is 11.6 Å². The lowest BCUT2D eigenvalue weighted by atomic mass is 10.1. The number of carbonyl (C=O) groups is 1. The molecule has 0 radical (unpaired) electrons. The van der Waals surface area contributed by atoms with Crippen LogP contribution >= 0.6 is 11.8 Å². The third kappa shape index (κ3) is 3.39. The minimum atomic E-state index is -0.731. The van der Waals surface area contributed by atoms with Crippen molar-refractivity contribution in [3.8, 4) is 11.4 Å². The summed E-state index contributed by atoms with van der Waals surface area (Å²) in [5.74, 6) is -1.31. The topological polar surface area (TPSA) is 58.6 Å². The van der Waals surface area contributed by atoms with Crippen LogP contribution < -0.4 is 0 Å². The number of aryl methyl sites for hydroxylation is 2. The van der Waals surface area contributed by atoms with E-state index >= 15 is 0 Å². The summed E-state index contributed by atoms with van der Waals surface area (Å²) in [6.07, 6.45) is 3.37. The molecule has 0 amide bonds. The van der Waals surface area contributed by atoms with Gasteiger partial charge in [0.2, 0.25) is 5.16 Å². The van der Waals surface area contributed by atoms with E-state index in [0.29, 0.717) is 11.0 Å². The molecule has 1 heterocycles. The van der Waals surface area contributed by atoms with E-state index in [4.69, 9.17) is 0 Å². The zero-order valence-corrected chi connectivity index (χ0v) is 14.6. The number of Topliss-reactive ketones (excluding diaryl/α,β-unsaturated/α-hetero) is 1. The Balaban J connectivity index is 1.45. The van der Waals surface area contributed by atoms with Gasteiger partial charge in [0.05, 0.1) is 11.3 Å². The largest absolute Gasteiger partial charge is 0.293 e. The van der Waals surface area contributed by atoms with Crippen molar-refractivity contribution in [2.75, 3.05) is 5.75 Å². The number of fused-ring (bicyclic) bond motifs is 1. The van der Waals surface area contributed by atoms with Crippen LogP contribution in [0, 0.1) is 11.6 Å². The van der Waals surface area contributed by atoms with Crippen molar-refractivity contribution in [2.45, 2.75) is 24.4 Å². The molecule has 4 rings (SSSR count). The van der Waals surface area contributed by atoms with E-state index in [2.05, 4.69) is 27.3 Å². The van der Waals surface area contributed by atoms with E-state index in [1.165, 1.54) is 17.5 Å². The Bertz CT molecular complexity index is 987. The van der Waals surface area contributed by atoms with E-state index in [1.807, 2.05) is 6.07 Å². The number of nitrogens with one attached hydrogen (secondary N) is 1. The molecule has 132 valence electrons. The van der Waals surface area contributed by atoms with Crippen molar-refractivity contribution in [1.82, 2.24) is 15.2 Å². The summed E-state index contributed by atoms with van der Waals surface area (Å²) in [5, 5.41) is 7.36. The first-order chi connectivity index (χ1) is 12.6. The van der Waals surface area contributed by atoms with E-state index in [-0.39, 0.29) is 11.3 Å². The molecule has 1 aromatic heterocycles. The van der Waals surface area contributed by atoms with E-state index in [9.17, 15) is 13.6 Å². The molecule has 0 spiro atoms. The second-order valence-corrected chi connectivity index (χ2v) is 7.08. The summed E-state index contributed by atoms with van der Waals surface area (Å²) in [5.41, 5.74) is 3.41. The normalized spacial score (nSPS) is 13.0. The molecular weight excluding hydrogens is 356 g/mol. The molecule has 4 nitrogen and oxygen atoms in total. The SMILES string of the molecule is O=C(CSc1n[nH]c(-c2ccc3c(c2)CCC3)n1)c1cc(F)ccc1F. The van der Waals surface area contributed by atoms with Crippen LogP contribution in [-0.2, 0) is 12.8 Å². The molecule has 0 unspecified atom stereocenters. The Morgan fingerprint density at radius 2 is 1.96 bits per heavy atom. The first kappa shape index (κ1) is 16.9. The third-order valence-electron chi connectivity index (χ3n) is 4.40. The molecule has 2 aromatic carbocycles. The fraction of sp³-hybridized carbons (Fsp3) is 0.211. The molecule has 1 aliphatic rings. The molecule has 0 atom stereocenters. The molecule has 1 N–H and O–H groups in total. The lowest BCUT2D eigenvalue weighted by Gasteiger charge is -2.02. The van der Waals surface area contributed by atoms with Crippen molar-refractivity contribution in [2.24, 2.45) is 0 Å². The van der Waals surface area contributed by atoms with Gasteiger partial charge < -0.3 is 0 Å². The minimum absolute atomic E-state index is 0.0676. The van der Waals surface area contributed by atoms with Gasteiger partial charge in [-0.15, -0.1) is 5.10 Å². The van der Waals surface area contributed by atoms with Gasteiger partial charge in [-0.3, -0.25) is 9.89 Å². The van der Waals surface area contributed by atoms with Crippen LogP contribution in [0.3, 0.4) is 0 Å². The van der Waals surface area contributed by atoms with Crippen molar-refractivity contribution in [3.63, 3.8) is 0 Å². The summed E-state index contributed by atoms with van der Waals surface area (Å²) in [4.78, 5) is 16.5. The predicted molar refractivity (Wildman–Crippen MR) is 95.3 cm³/mol. The number of rotatable bonds is 5. The van der Waals surface area contributed by atoms with Crippen molar-refractivity contribution in [1.29, 1.82) is 0 Å². The monoisotopic (exact) mass is 371 g/mol. The molecule has 1 aliphatic carbocycles. The van der Waals surface area contributed by atoms with E-state index in [0.717, 1.165) is 48.4 Å². The number of aromatic nitrogens is 3. The van der Waals surface area contributed by atoms with Crippen LogP contribution in [0.1, 0.15) is 27.9 Å². The van der Waals surface area contributed by atoms with Crippen molar-refractivity contribution >= 4 is 17.5 Å². The van der Waals surface area contributed by atoms with Crippen LogP contribution in [0.25, 0.3) is 11.4 Å². The van der Waals surface area contributed by atoms with Crippen molar-refractivity contribution in [3.05, 3.63) is 64.7 Å². The second-order valence-electron chi connectivity index (χ2n) is 6.14. The van der Waals surface area contributed by atoms with Gasteiger partial charge in [-0.05, 0) is 54.7 Å². The smallest absolute Gasteiger partial charge is 0.209 e. The van der Waals surface area contributed by atoms with Crippen LogP contribution in [-0.4, -0.2) is 26.7 Å². The Morgan fingerprint density at radius 3 is 2.85 bits per heavy atom. The number of halogens is 2. The van der Waals surface area contributed by atoms with Gasteiger partial charge in [0.15, 0.2) is 11.6 Å². The maximum Gasteiger partial charge on any atom is 0.209 e. The van der Waals surface area contributed by atoms with Gasteiger partial charge in [-0.1, -0.05) is 23.9 Å². The number of ketones is 1. The van der Waals surface area contributed by atoms with Gasteiger partial charge in [0, 0.05) is 5.56 Å². The Morgan fingerprint density at radius 1 is 1.12 bits per heavy atom. The number of H-pyrrole nitrogens is 1. The average molecular weight is 371 g/mol. The first-order valence-corrected chi connectivity index (χ1v) is 9.24. The zero-order valence-electron chi connectivity index (χ0n) is 13.8. The average Bonchev–Trinajstić information content (AvgIpc) is 3.30. The molecule has 0 saturated heterocycles. The van der Waals surface area contributed by atoms with E-state index < -0.39 is 17.4 Å². The molecule has 0 saturated carbocycles. The van der Waals surface area contributed by atoms with Crippen LogP contribution in [0.4, 0.5) is 8.78 Å². The number of hydrogen-bond acceptors (Lipinski definition) is 4. The Hall–Kier alpha value is -2.54. The number of carbonyl (C=O) groups excluding carboxylic acids is 1. The quantitative estimate of drug-likeness (QED) is 0.539. The predicted octanol–water partition coefficient (Wildman–Crippen LogP) is 4.21. The highest BCUT2D eigenvalue weighted by atomic mass is 32.2. The highest BCUT2D eigenvalue weighted by Gasteiger charge is 2.16. The van der Waals surface area contributed by atoms with E-state index in [1.54, 1.807) is 0 Å². The van der Waals surface area contributed by atoms with Gasteiger partial charge in [-0.2, -0.15) is 0 Å². The summed E-state index contributed by atoms with van der Waals surface area (Å²) in [7, 11) is 0. The highest BCUT2D eigenvalue weighted by molar-refractivity contribution is 7.99. The summed E-state index contributed by atoms with van der Waals surface area (Å²) in [6, 6.07) is 9.08. The minimum Gasteiger partial charge on any atom is -0.293 e. The first-order valence-electron chi connectivity index (χ1n) is 8.26. The number of benzene rings is 2. The van der Waals surface area contributed by atoms with Crippen LogP contribution in [0.2, 0.25) is 0 Å². The third-order valence-corrected chi connectivity index (χ3v) is 5.25. The molecule has 0 fully saturated rings. The standard InChI is InChI=1S/C19H15F2N3OS/c20-14-6-7-16(21)15(9-14)17(25)10-26-19-22-18(23-24-19)13-5-4-11-2-1-3-12(11)8-13/h4-9H,1-3,10H2,(H,22,23,24). The number of hydrogen-bond donors (Lipinski definition) is 1. The maximum absolute atomic E-state index is 13.6. The summed E-state index contributed by atoms with van der Waals surface area (Å²) >= 11 is 1.09. The Kier molecular flexibility index (Phi) is 4.55. The zero-order chi connectivity index (χ0) is 18.1.